The summed E-state index contributed by atoms with van der Waals surface area (Å²) in [5.41, 5.74) is 3.81. The molecule has 10 heteroatoms. The summed E-state index contributed by atoms with van der Waals surface area (Å²) in [6, 6.07) is 15.4. The van der Waals surface area contributed by atoms with Gasteiger partial charge in [-0.3, -0.25) is 9.97 Å². The second-order valence-corrected chi connectivity index (χ2v) is 11.2. The van der Waals surface area contributed by atoms with Crippen LogP contribution < -0.4 is 24.4 Å². The van der Waals surface area contributed by atoms with Gasteiger partial charge in [0.15, 0.2) is 23.0 Å². The number of hydrogen-bond acceptors (Lipinski definition) is 8. The van der Waals surface area contributed by atoms with Crippen LogP contribution in [0, 0.1) is 0 Å². The quantitative estimate of drug-likeness (QED) is 0.298. The number of fused-ring (bicyclic) bond motifs is 3. The van der Waals surface area contributed by atoms with E-state index in [1.54, 1.807) is 12.4 Å². The zero-order valence-corrected chi connectivity index (χ0v) is 23.7. The number of hydrogen-bond donors (Lipinski definition) is 0. The van der Waals surface area contributed by atoms with Crippen molar-refractivity contribution in [3.05, 3.63) is 65.9 Å². The summed E-state index contributed by atoms with van der Waals surface area (Å²) in [5, 5.41) is 0.632. The summed E-state index contributed by atoms with van der Waals surface area (Å²) in [6.07, 6.45) is 3.34. The highest BCUT2D eigenvalue weighted by Gasteiger charge is 2.51. The molecule has 0 bridgehead atoms. The lowest BCUT2D eigenvalue weighted by Gasteiger charge is -2.32. The zero-order valence-electron chi connectivity index (χ0n) is 22.9. The Labute approximate surface area is 238 Å². The smallest absolute Gasteiger partial charge is 0.486 e. The first-order valence-electron chi connectivity index (χ1n) is 13.3. The van der Waals surface area contributed by atoms with Crippen LogP contribution in [0.4, 0.5) is 0 Å². The van der Waals surface area contributed by atoms with Gasteiger partial charge >= 0.3 is 7.12 Å². The Balaban J connectivity index is 0.000000145. The number of aromatic nitrogens is 2. The predicted octanol–water partition coefficient (Wildman–Crippen LogP) is 5.48. The highest BCUT2D eigenvalue weighted by Crippen LogP contribution is 2.38. The van der Waals surface area contributed by atoms with Crippen LogP contribution in [0.5, 0.6) is 23.0 Å². The van der Waals surface area contributed by atoms with E-state index in [2.05, 4.69) is 9.97 Å². The Bertz CT molecular complexity index is 1550. The minimum atomic E-state index is -0.360. The molecule has 0 unspecified atom stereocenters. The van der Waals surface area contributed by atoms with Crippen LogP contribution in [0.3, 0.4) is 0 Å². The van der Waals surface area contributed by atoms with E-state index in [1.807, 2.05) is 76.2 Å². The van der Waals surface area contributed by atoms with Gasteiger partial charge in [-0.25, -0.2) is 0 Å². The molecule has 4 heterocycles. The van der Waals surface area contributed by atoms with E-state index in [4.69, 9.17) is 39.9 Å². The van der Waals surface area contributed by atoms with Gasteiger partial charge in [0.1, 0.15) is 26.4 Å². The van der Waals surface area contributed by atoms with E-state index in [0.717, 1.165) is 50.6 Å². The first-order chi connectivity index (χ1) is 19.2. The molecule has 0 N–H and O–H groups in total. The number of benzene rings is 3. The number of halogens is 1. The van der Waals surface area contributed by atoms with Gasteiger partial charge in [0.25, 0.3) is 0 Å². The van der Waals surface area contributed by atoms with Crippen LogP contribution in [-0.4, -0.2) is 54.7 Å². The number of rotatable bonds is 2. The van der Waals surface area contributed by atoms with Crippen LogP contribution in [0.2, 0.25) is 5.02 Å². The Morgan fingerprint density at radius 2 is 1.25 bits per heavy atom. The van der Waals surface area contributed by atoms with E-state index in [1.165, 1.54) is 0 Å². The maximum absolute atomic E-state index is 6.19. The highest BCUT2D eigenvalue weighted by atomic mass is 35.5. The average Bonchev–Trinajstić information content (AvgIpc) is 3.18. The van der Waals surface area contributed by atoms with Crippen molar-refractivity contribution in [3.8, 4) is 34.1 Å². The van der Waals surface area contributed by atoms with Gasteiger partial charge in [-0.05, 0) is 75.1 Å². The molecule has 40 heavy (non-hydrogen) atoms. The molecule has 0 spiro atoms. The molecule has 1 saturated heterocycles. The molecular formula is C30H30BClN2O6. The van der Waals surface area contributed by atoms with Gasteiger partial charge in [0.05, 0.1) is 22.2 Å². The summed E-state index contributed by atoms with van der Waals surface area (Å²) in [4.78, 5) is 8.73. The molecule has 0 aliphatic carbocycles. The van der Waals surface area contributed by atoms with Gasteiger partial charge in [-0.15, -0.1) is 0 Å². The van der Waals surface area contributed by atoms with Crippen LogP contribution in [0.15, 0.2) is 60.9 Å². The Morgan fingerprint density at radius 3 is 1.93 bits per heavy atom. The molecular weight excluding hydrogens is 531 g/mol. The normalized spacial score (nSPS) is 18.2. The van der Waals surface area contributed by atoms with Crippen molar-refractivity contribution >= 4 is 35.2 Å². The minimum Gasteiger partial charge on any atom is -0.486 e. The highest BCUT2D eigenvalue weighted by molar-refractivity contribution is 6.62. The molecule has 0 radical (unpaired) electrons. The van der Waals surface area contributed by atoms with E-state index in [0.29, 0.717) is 31.5 Å². The maximum atomic E-state index is 6.19. The molecule has 0 saturated carbocycles. The number of ether oxygens (including phenoxy) is 4. The fourth-order valence-electron chi connectivity index (χ4n) is 4.66. The zero-order chi connectivity index (χ0) is 27.9. The third kappa shape index (κ3) is 5.17. The molecule has 3 aromatic carbocycles. The predicted molar refractivity (Wildman–Crippen MR) is 154 cm³/mol. The summed E-state index contributed by atoms with van der Waals surface area (Å²) >= 11 is 6.19. The first-order valence-corrected chi connectivity index (χ1v) is 13.6. The van der Waals surface area contributed by atoms with Crippen LogP contribution in [-0.2, 0) is 9.31 Å². The van der Waals surface area contributed by atoms with E-state index in [9.17, 15) is 0 Å². The van der Waals surface area contributed by atoms with Crippen molar-refractivity contribution in [1.29, 1.82) is 0 Å². The molecule has 0 amide bonds. The lowest BCUT2D eigenvalue weighted by molar-refractivity contribution is 0.00578. The molecule has 3 aliphatic rings. The summed E-state index contributed by atoms with van der Waals surface area (Å²) in [5.74, 6) is 3.06. The topological polar surface area (TPSA) is 81.2 Å². The van der Waals surface area contributed by atoms with Gasteiger partial charge in [0.2, 0.25) is 0 Å². The third-order valence-electron chi connectivity index (χ3n) is 7.48. The molecule has 206 valence electrons. The van der Waals surface area contributed by atoms with Gasteiger partial charge in [0, 0.05) is 23.0 Å². The van der Waals surface area contributed by atoms with Crippen LogP contribution in [0.1, 0.15) is 27.7 Å². The van der Waals surface area contributed by atoms with Crippen molar-refractivity contribution in [1.82, 2.24) is 9.97 Å². The average molecular weight is 561 g/mol. The second kappa shape index (κ2) is 10.5. The minimum absolute atomic E-state index is 0.328. The van der Waals surface area contributed by atoms with Gasteiger partial charge < -0.3 is 28.3 Å². The van der Waals surface area contributed by atoms with E-state index in [-0.39, 0.29) is 18.3 Å². The fourth-order valence-corrected chi connectivity index (χ4v) is 4.87. The SMILES string of the molecule is CC1(C)OB(c2ccc3c(c2)OCCO3)OC1(C)C.Clc1cc(-c2ccc3c(c2)OCCO3)c2nccnc2c1. The molecule has 1 aromatic heterocycles. The summed E-state index contributed by atoms with van der Waals surface area (Å²) in [7, 11) is -0.360. The Kier molecular flexibility index (Phi) is 6.98. The van der Waals surface area contributed by atoms with E-state index >= 15 is 0 Å². The summed E-state index contributed by atoms with van der Waals surface area (Å²) < 4.78 is 34.3. The Hall–Kier alpha value is -3.53. The van der Waals surface area contributed by atoms with Gasteiger partial charge in [-0.1, -0.05) is 23.7 Å². The molecule has 1 fully saturated rings. The van der Waals surface area contributed by atoms with Gasteiger partial charge in [-0.2, -0.15) is 0 Å². The monoisotopic (exact) mass is 560 g/mol. The van der Waals surface area contributed by atoms with Crippen molar-refractivity contribution in [2.75, 3.05) is 26.4 Å². The molecule has 3 aliphatic heterocycles. The third-order valence-corrected chi connectivity index (χ3v) is 7.70. The van der Waals surface area contributed by atoms with Crippen molar-refractivity contribution < 1.29 is 28.3 Å². The first kappa shape index (κ1) is 26.7. The fraction of sp³-hybridized carbons (Fsp3) is 0.333. The second-order valence-electron chi connectivity index (χ2n) is 10.7. The van der Waals surface area contributed by atoms with E-state index < -0.39 is 0 Å². The molecule has 0 atom stereocenters. The van der Waals surface area contributed by atoms with Crippen LogP contribution in [0.25, 0.3) is 22.2 Å². The van der Waals surface area contributed by atoms with Crippen molar-refractivity contribution in [3.63, 3.8) is 0 Å². The lowest BCUT2D eigenvalue weighted by atomic mass is 9.79. The summed E-state index contributed by atoms with van der Waals surface area (Å²) in [6.45, 7) is 10.5. The van der Waals surface area contributed by atoms with Crippen molar-refractivity contribution in [2.45, 2.75) is 38.9 Å². The molecule has 8 nitrogen and oxygen atoms in total. The van der Waals surface area contributed by atoms with Crippen LogP contribution >= 0.6 is 11.6 Å². The van der Waals surface area contributed by atoms with Crippen molar-refractivity contribution in [2.24, 2.45) is 0 Å². The lowest BCUT2D eigenvalue weighted by Crippen LogP contribution is -2.41. The largest absolute Gasteiger partial charge is 0.494 e. The standard InChI is InChI=1S/C16H11ClN2O2.C14H19BO4/c17-11-8-12(16-13(9-11)18-3-4-19-16)10-1-2-14-15(7-10)21-6-5-20-14;1-13(2)14(3,4)19-15(18-13)10-5-6-11-12(9-10)17-8-7-16-11/h1-4,7-9H,5-6H2;5-6,9H,7-8H2,1-4H3. The maximum Gasteiger partial charge on any atom is 0.494 e. The molecule has 4 aromatic rings. The number of nitrogens with zero attached hydrogens (tertiary/aromatic N) is 2. The Morgan fingerprint density at radius 1 is 0.675 bits per heavy atom. The molecule has 7 rings (SSSR count).